The molecular weight excluding hydrogens is 409 g/mol. The summed E-state index contributed by atoms with van der Waals surface area (Å²) in [6.07, 6.45) is 3.19. The first-order valence-corrected chi connectivity index (χ1v) is 11.7. The average molecular weight is 440 g/mol. The van der Waals surface area contributed by atoms with Gasteiger partial charge in [-0.25, -0.2) is 4.39 Å². The number of nitrogens with one attached hydrogen (secondary N) is 1. The number of carbonyl (C=O) groups is 1. The van der Waals surface area contributed by atoms with Gasteiger partial charge in [0.1, 0.15) is 5.82 Å². The Kier molecular flexibility index (Phi) is 5.63. The number of pyridine rings is 1. The van der Waals surface area contributed by atoms with Crippen LogP contribution in [0.3, 0.4) is 0 Å². The Morgan fingerprint density at radius 3 is 2.59 bits per heavy atom. The number of aliphatic hydroxyl groups excluding tert-OH is 1. The number of likely N-dealkylation sites (tertiary alicyclic amines) is 1. The second-order valence-electron chi connectivity index (χ2n) is 9.43. The topological polar surface area (TPSA) is 74.6 Å². The predicted octanol–water partition coefficient (Wildman–Crippen LogP) is 2.55. The maximum absolute atomic E-state index is 13.4. The number of aromatic nitrogens is 1. The maximum atomic E-state index is 13.4. The van der Waals surface area contributed by atoms with Crippen molar-refractivity contribution >= 4 is 5.91 Å². The molecular formula is C25H30FN3O3. The highest BCUT2D eigenvalue weighted by Gasteiger charge is 2.56. The van der Waals surface area contributed by atoms with Crippen LogP contribution in [0.25, 0.3) is 11.1 Å². The summed E-state index contributed by atoms with van der Waals surface area (Å²) in [5, 5.41) is 13.3. The van der Waals surface area contributed by atoms with Gasteiger partial charge in [-0.1, -0.05) is 19.1 Å². The summed E-state index contributed by atoms with van der Waals surface area (Å²) in [5.41, 5.74) is 2.05. The minimum Gasteiger partial charge on any atom is -0.396 e. The van der Waals surface area contributed by atoms with Crippen LogP contribution in [0.5, 0.6) is 0 Å². The minimum absolute atomic E-state index is 0.00675. The molecule has 2 N–H and O–H groups in total. The molecule has 0 radical (unpaired) electrons. The van der Waals surface area contributed by atoms with Crippen molar-refractivity contribution in [2.75, 3.05) is 19.7 Å². The lowest BCUT2D eigenvalue weighted by atomic mass is 9.88. The normalized spacial score (nSPS) is 26.7. The molecule has 170 valence electrons. The molecule has 2 fully saturated rings. The number of fused-ring (bicyclic) bond motifs is 3. The van der Waals surface area contributed by atoms with Crippen molar-refractivity contribution in [3.8, 4) is 11.1 Å². The van der Waals surface area contributed by atoms with Gasteiger partial charge < -0.3 is 15.0 Å². The fraction of sp³-hybridized carbons (Fsp3) is 0.520. The van der Waals surface area contributed by atoms with Crippen molar-refractivity contribution in [3.05, 3.63) is 58.3 Å². The standard InChI is InChI=1S/C25H30FN3O3/c1-2-11-27-24(31)23-20(14-30)19-13-28-21(22(19)29(23)12-15-3-4-15)10-9-18(25(28)32)16-5-7-17(26)8-6-16/h5-10,15,19-20,22-23,30H,2-4,11-14H2,1H3,(H,27,31)/t19-,20-,22+,23-/m1/s1. The van der Waals surface area contributed by atoms with Gasteiger partial charge in [-0.05, 0) is 55.0 Å². The molecule has 2 aromatic rings. The van der Waals surface area contributed by atoms with E-state index < -0.39 is 0 Å². The molecule has 0 spiro atoms. The second kappa shape index (κ2) is 8.45. The van der Waals surface area contributed by atoms with E-state index in [0.29, 0.717) is 30.1 Å². The van der Waals surface area contributed by atoms with E-state index in [9.17, 15) is 19.1 Å². The van der Waals surface area contributed by atoms with E-state index in [-0.39, 0.29) is 47.8 Å². The Balaban J connectivity index is 1.53. The number of halogens is 1. The summed E-state index contributed by atoms with van der Waals surface area (Å²) in [4.78, 5) is 28.7. The van der Waals surface area contributed by atoms with Crippen molar-refractivity contribution in [1.29, 1.82) is 0 Å². The molecule has 1 aromatic carbocycles. The number of rotatable bonds is 7. The minimum atomic E-state index is -0.372. The van der Waals surface area contributed by atoms with E-state index in [4.69, 9.17) is 0 Å². The van der Waals surface area contributed by atoms with E-state index in [1.165, 1.54) is 12.1 Å². The van der Waals surface area contributed by atoms with Crippen LogP contribution in [0, 0.1) is 23.6 Å². The number of benzene rings is 1. The van der Waals surface area contributed by atoms with Crippen LogP contribution in [-0.4, -0.2) is 46.2 Å². The van der Waals surface area contributed by atoms with Crippen LogP contribution in [0.2, 0.25) is 0 Å². The quantitative estimate of drug-likeness (QED) is 0.696. The molecule has 32 heavy (non-hydrogen) atoms. The van der Waals surface area contributed by atoms with Gasteiger partial charge in [0.05, 0.1) is 12.1 Å². The van der Waals surface area contributed by atoms with Crippen LogP contribution in [0.4, 0.5) is 4.39 Å². The van der Waals surface area contributed by atoms with Crippen molar-refractivity contribution in [2.45, 2.75) is 44.8 Å². The highest BCUT2D eigenvalue weighted by atomic mass is 19.1. The molecule has 7 heteroatoms. The molecule has 1 saturated carbocycles. The Hall–Kier alpha value is -2.51. The molecule has 3 heterocycles. The fourth-order valence-electron chi connectivity index (χ4n) is 5.62. The van der Waals surface area contributed by atoms with Gasteiger partial charge >= 0.3 is 0 Å². The van der Waals surface area contributed by atoms with Crippen molar-refractivity contribution in [3.63, 3.8) is 0 Å². The third kappa shape index (κ3) is 3.57. The lowest BCUT2D eigenvalue weighted by Gasteiger charge is -2.31. The summed E-state index contributed by atoms with van der Waals surface area (Å²) >= 11 is 0. The summed E-state index contributed by atoms with van der Waals surface area (Å²) in [6.45, 7) is 3.86. The van der Waals surface area contributed by atoms with Crippen molar-refractivity contribution in [2.24, 2.45) is 17.8 Å². The third-order valence-corrected chi connectivity index (χ3v) is 7.33. The molecule has 0 unspecified atom stereocenters. The lowest BCUT2D eigenvalue weighted by Crippen LogP contribution is -2.49. The van der Waals surface area contributed by atoms with E-state index in [1.807, 2.05) is 19.1 Å². The first-order valence-electron chi connectivity index (χ1n) is 11.7. The molecule has 4 atom stereocenters. The zero-order valence-corrected chi connectivity index (χ0v) is 18.3. The number of carbonyl (C=O) groups excluding carboxylic acids is 1. The molecule has 1 saturated heterocycles. The summed E-state index contributed by atoms with van der Waals surface area (Å²) in [5.74, 6) is 0.0153. The Labute approximate surface area is 187 Å². The van der Waals surface area contributed by atoms with Gasteiger partial charge in [0, 0.05) is 49.3 Å². The van der Waals surface area contributed by atoms with Crippen LogP contribution < -0.4 is 10.9 Å². The molecule has 6 nitrogen and oxygen atoms in total. The Morgan fingerprint density at radius 1 is 1.19 bits per heavy atom. The second-order valence-corrected chi connectivity index (χ2v) is 9.43. The predicted molar refractivity (Wildman–Crippen MR) is 119 cm³/mol. The zero-order valence-electron chi connectivity index (χ0n) is 18.3. The monoisotopic (exact) mass is 439 g/mol. The van der Waals surface area contributed by atoms with E-state index >= 15 is 0 Å². The molecule has 1 aromatic heterocycles. The Bertz CT molecular complexity index is 1060. The molecule has 5 rings (SSSR count). The van der Waals surface area contributed by atoms with E-state index in [2.05, 4.69) is 10.2 Å². The van der Waals surface area contributed by atoms with E-state index in [1.54, 1.807) is 16.7 Å². The molecule has 0 bridgehead atoms. The number of hydrogen-bond donors (Lipinski definition) is 2. The fourth-order valence-corrected chi connectivity index (χ4v) is 5.62. The number of amides is 1. The van der Waals surface area contributed by atoms with Crippen molar-refractivity contribution in [1.82, 2.24) is 14.8 Å². The SMILES string of the molecule is CCCNC(=O)[C@H]1[C@H](CO)[C@H]2Cn3c(ccc(-c4ccc(F)cc4)c3=O)[C@H]2N1CC1CC1. The zero-order chi connectivity index (χ0) is 22.4. The largest absolute Gasteiger partial charge is 0.396 e. The number of hydrogen-bond acceptors (Lipinski definition) is 4. The smallest absolute Gasteiger partial charge is 0.258 e. The van der Waals surface area contributed by atoms with Gasteiger partial charge in [0.15, 0.2) is 0 Å². The summed E-state index contributed by atoms with van der Waals surface area (Å²) in [6, 6.07) is 9.34. The average Bonchev–Trinajstić information content (AvgIpc) is 3.45. The van der Waals surface area contributed by atoms with Gasteiger partial charge in [-0.15, -0.1) is 0 Å². The highest BCUT2D eigenvalue weighted by Crippen LogP contribution is 2.50. The first kappa shape index (κ1) is 21.3. The third-order valence-electron chi connectivity index (χ3n) is 7.33. The van der Waals surface area contributed by atoms with Crippen LogP contribution in [0.15, 0.2) is 41.2 Å². The van der Waals surface area contributed by atoms with Crippen molar-refractivity contribution < 1.29 is 14.3 Å². The van der Waals surface area contributed by atoms with Gasteiger partial charge in [0.25, 0.3) is 5.56 Å². The molecule has 3 aliphatic rings. The molecule has 2 aliphatic heterocycles. The lowest BCUT2D eigenvalue weighted by molar-refractivity contribution is -0.127. The van der Waals surface area contributed by atoms with E-state index in [0.717, 1.165) is 31.5 Å². The Morgan fingerprint density at radius 2 is 1.94 bits per heavy atom. The van der Waals surface area contributed by atoms with Crippen LogP contribution in [0.1, 0.15) is 37.9 Å². The first-order chi connectivity index (χ1) is 15.5. The molecule has 1 amide bonds. The highest BCUT2D eigenvalue weighted by molar-refractivity contribution is 5.82. The summed E-state index contributed by atoms with van der Waals surface area (Å²) < 4.78 is 15.1. The molecule has 1 aliphatic carbocycles. The van der Waals surface area contributed by atoms with Crippen LogP contribution in [-0.2, 0) is 11.3 Å². The number of nitrogens with zero attached hydrogens (tertiary/aromatic N) is 2. The number of aliphatic hydroxyl groups is 1. The van der Waals surface area contributed by atoms with Gasteiger partial charge in [-0.3, -0.25) is 14.5 Å². The summed E-state index contributed by atoms with van der Waals surface area (Å²) in [7, 11) is 0. The maximum Gasteiger partial charge on any atom is 0.258 e. The van der Waals surface area contributed by atoms with Crippen LogP contribution >= 0.6 is 0 Å². The van der Waals surface area contributed by atoms with Gasteiger partial charge in [-0.2, -0.15) is 0 Å². The van der Waals surface area contributed by atoms with Gasteiger partial charge in [0.2, 0.25) is 5.91 Å².